The molecule has 1 saturated carbocycles. The summed E-state index contributed by atoms with van der Waals surface area (Å²) in [5.41, 5.74) is 11.4. The number of hydrazine groups is 2. The predicted octanol–water partition coefficient (Wildman–Crippen LogP) is 5.63. The minimum atomic E-state index is -0.538. The summed E-state index contributed by atoms with van der Waals surface area (Å²) in [6, 6.07) is 6.77. The van der Waals surface area contributed by atoms with E-state index in [4.69, 9.17) is 22.8 Å². The van der Waals surface area contributed by atoms with Crippen molar-refractivity contribution in [3.05, 3.63) is 69.8 Å². The van der Waals surface area contributed by atoms with Crippen molar-refractivity contribution in [3.63, 3.8) is 0 Å². The molecule has 2 aromatic heterocycles. The molecule has 2 aliphatic rings. The Balaban J connectivity index is 1.62. The van der Waals surface area contributed by atoms with Gasteiger partial charge in [0.15, 0.2) is 0 Å². The Morgan fingerprint density at radius 3 is 2.72 bits per heavy atom. The van der Waals surface area contributed by atoms with Crippen LogP contribution in [0.25, 0.3) is 10.9 Å². The molecule has 0 amide bonds. The van der Waals surface area contributed by atoms with Gasteiger partial charge in [-0.3, -0.25) is 9.99 Å². The van der Waals surface area contributed by atoms with Crippen molar-refractivity contribution < 1.29 is 9.13 Å². The topological polar surface area (TPSA) is 86.4 Å². The molecule has 1 aliphatic heterocycles. The third-order valence-electron chi connectivity index (χ3n) is 6.74. The number of ether oxygens (including phenoxy) is 1. The van der Waals surface area contributed by atoms with Crippen LogP contribution in [0.1, 0.15) is 56.5 Å². The van der Waals surface area contributed by atoms with E-state index in [1.807, 2.05) is 17.1 Å². The number of hydrogen-bond acceptors (Lipinski definition) is 8. The highest BCUT2D eigenvalue weighted by Gasteiger charge is 2.39. The molecular weight excluding hydrogens is 517 g/mol. The quantitative estimate of drug-likeness (QED) is 0.213. The third-order valence-corrected chi connectivity index (χ3v) is 7.03. The monoisotopic (exact) mass is 549 g/mol. The summed E-state index contributed by atoms with van der Waals surface area (Å²) in [6.45, 7) is 8.94. The number of hydrogen-bond donors (Lipinski definition) is 4. The molecule has 1 aliphatic carbocycles. The van der Waals surface area contributed by atoms with E-state index in [1.165, 1.54) is 6.07 Å². The molecule has 4 N–H and O–H groups in total. The summed E-state index contributed by atoms with van der Waals surface area (Å²) < 4.78 is 19.8. The van der Waals surface area contributed by atoms with E-state index < -0.39 is 12.0 Å². The van der Waals surface area contributed by atoms with E-state index in [9.17, 15) is 4.39 Å². The van der Waals surface area contributed by atoms with E-state index in [0.717, 1.165) is 40.9 Å². The molecule has 3 heterocycles. The predicted molar refractivity (Wildman–Crippen MR) is 153 cm³/mol. The average Bonchev–Trinajstić information content (AvgIpc) is 3.64. The normalized spacial score (nSPS) is 16.2. The summed E-state index contributed by atoms with van der Waals surface area (Å²) in [6.07, 6.45) is 9.65. The van der Waals surface area contributed by atoms with Crippen molar-refractivity contribution in [3.8, 4) is 12.3 Å². The molecular formula is C29H33ClFN7O. The van der Waals surface area contributed by atoms with Crippen LogP contribution in [0.15, 0.2) is 42.0 Å². The lowest BCUT2D eigenvalue weighted by Gasteiger charge is -2.24. The zero-order valence-corrected chi connectivity index (χ0v) is 23.5. The molecule has 1 aromatic carbocycles. The summed E-state index contributed by atoms with van der Waals surface area (Å²) >= 11 is 6.77. The van der Waals surface area contributed by atoms with Crippen LogP contribution in [0.5, 0.6) is 0 Å². The maximum absolute atomic E-state index is 14.0. The van der Waals surface area contributed by atoms with Gasteiger partial charge in [0.1, 0.15) is 11.7 Å². The number of nitrogens with zero attached hydrogens (tertiary/aromatic N) is 3. The largest absolute Gasteiger partial charge is 0.480 e. The lowest BCUT2D eigenvalue weighted by atomic mass is 9.96. The van der Waals surface area contributed by atoms with Gasteiger partial charge in [-0.15, -0.1) is 12.0 Å². The summed E-state index contributed by atoms with van der Waals surface area (Å²) in [5, 5.41) is 10.4. The van der Waals surface area contributed by atoms with E-state index in [2.05, 4.69) is 58.3 Å². The Morgan fingerprint density at radius 2 is 2.08 bits per heavy atom. The first-order valence-corrected chi connectivity index (χ1v) is 13.3. The standard InChI is InChI=1S/C29H33ClFN7O/c1-7-17-14-32-25-21(24(17)33-15-29(3,4)5)12-18(13-22(25)30)35-26(20-10-11-23(31)34-16(20)2)27-28(39-6)38(37-36-27)19-8-9-19/h1,10-14,19,26,35-37H,8-9,15H2,2-6H3,(H,32,33)/t26-/m0/s1. The lowest BCUT2D eigenvalue weighted by molar-refractivity contribution is 0.117. The molecule has 3 aromatic rings. The molecule has 0 spiro atoms. The Labute approximate surface area is 233 Å². The number of rotatable bonds is 8. The van der Waals surface area contributed by atoms with Crippen LogP contribution in [0.4, 0.5) is 15.8 Å². The van der Waals surface area contributed by atoms with Crippen molar-refractivity contribution >= 4 is 33.9 Å². The van der Waals surface area contributed by atoms with Gasteiger partial charge in [0.05, 0.1) is 34.9 Å². The second-order valence-corrected chi connectivity index (χ2v) is 11.5. The number of terminal acetylenes is 1. The van der Waals surface area contributed by atoms with Gasteiger partial charge < -0.3 is 20.8 Å². The molecule has 0 saturated heterocycles. The van der Waals surface area contributed by atoms with Gasteiger partial charge >= 0.3 is 0 Å². The van der Waals surface area contributed by atoms with Crippen LogP contribution >= 0.6 is 11.6 Å². The van der Waals surface area contributed by atoms with Gasteiger partial charge in [0.25, 0.3) is 0 Å². The highest BCUT2D eigenvalue weighted by atomic mass is 35.5. The fourth-order valence-corrected chi connectivity index (χ4v) is 4.93. The van der Waals surface area contributed by atoms with Crippen molar-refractivity contribution in [1.82, 2.24) is 25.9 Å². The first-order chi connectivity index (χ1) is 18.6. The van der Waals surface area contributed by atoms with Crippen LogP contribution in [0, 0.1) is 30.6 Å². The van der Waals surface area contributed by atoms with E-state index in [-0.39, 0.29) is 5.41 Å². The maximum Gasteiger partial charge on any atom is 0.229 e. The van der Waals surface area contributed by atoms with Gasteiger partial charge in [0.2, 0.25) is 11.8 Å². The number of benzene rings is 1. The molecule has 5 rings (SSSR count). The van der Waals surface area contributed by atoms with Gasteiger partial charge in [0, 0.05) is 35.1 Å². The first kappa shape index (κ1) is 26.9. The summed E-state index contributed by atoms with van der Waals surface area (Å²) in [7, 11) is 1.64. The van der Waals surface area contributed by atoms with Crippen LogP contribution in [0.2, 0.25) is 5.02 Å². The van der Waals surface area contributed by atoms with Crippen molar-refractivity contribution in [2.24, 2.45) is 5.41 Å². The van der Waals surface area contributed by atoms with Gasteiger partial charge in [-0.05, 0) is 43.4 Å². The zero-order chi connectivity index (χ0) is 27.9. The maximum atomic E-state index is 14.0. The fourth-order valence-electron chi connectivity index (χ4n) is 4.66. The van der Waals surface area contributed by atoms with Crippen LogP contribution in [-0.2, 0) is 4.74 Å². The second kappa shape index (κ2) is 10.4. The molecule has 0 bridgehead atoms. The molecule has 0 radical (unpaired) electrons. The Morgan fingerprint density at radius 1 is 1.31 bits per heavy atom. The number of aromatic nitrogens is 2. The van der Waals surface area contributed by atoms with Gasteiger partial charge in [-0.25, -0.2) is 4.98 Å². The second-order valence-electron chi connectivity index (χ2n) is 11.1. The number of halogens is 2. The molecule has 1 atom stereocenters. The highest BCUT2D eigenvalue weighted by molar-refractivity contribution is 6.35. The molecule has 8 nitrogen and oxygen atoms in total. The highest BCUT2D eigenvalue weighted by Crippen LogP contribution is 2.39. The SMILES string of the molecule is C#Cc1cnc2c(Cl)cc(N[C@H](C3=C(OC)N(C4CC4)NN3)c3ccc(F)nc3C)cc2c1NCC(C)(C)C. The molecule has 10 heteroatoms. The van der Waals surface area contributed by atoms with E-state index in [1.54, 1.807) is 26.3 Å². The number of pyridine rings is 2. The molecule has 39 heavy (non-hydrogen) atoms. The number of anilines is 2. The van der Waals surface area contributed by atoms with E-state index in [0.29, 0.717) is 40.3 Å². The van der Waals surface area contributed by atoms with Crippen molar-refractivity contribution in [2.75, 3.05) is 24.3 Å². The zero-order valence-electron chi connectivity index (χ0n) is 22.7. The molecule has 204 valence electrons. The minimum Gasteiger partial charge on any atom is -0.480 e. The Bertz CT molecular complexity index is 1490. The summed E-state index contributed by atoms with van der Waals surface area (Å²) in [4.78, 5) is 8.62. The Kier molecular flexibility index (Phi) is 7.19. The van der Waals surface area contributed by atoms with Gasteiger partial charge in [-0.2, -0.15) is 4.39 Å². The average molecular weight is 550 g/mol. The van der Waals surface area contributed by atoms with Gasteiger partial charge in [-0.1, -0.05) is 44.4 Å². The lowest BCUT2D eigenvalue weighted by Crippen LogP contribution is -2.40. The number of aryl methyl sites for hydroxylation is 1. The van der Waals surface area contributed by atoms with Crippen LogP contribution < -0.4 is 21.6 Å². The summed E-state index contributed by atoms with van der Waals surface area (Å²) in [5.74, 6) is 2.87. The number of methoxy groups -OCH3 is 1. The fraction of sp³-hybridized carbons (Fsp3) is 0.379. The van der Waals surface area contributed by atoms with E-state index >= 15 is 0 Å². The van der Waals surface area contributed by atoms with Crippen LogP contribution in [0.3, 0.4) is 0 Å². The van der Waals surface area contributed by atoms with Crippen molar-refractivity contribution in [1.29, 1.82) is 0 Å². The van der Waals surface area contributed by atoms with Crippen molar-refractivity contribution in [2.45, 2.75) is 52.6 Å². The smallest absolute Gasteiger partial charge is 0.229 e. The first-order valence-electron chi connectivity index (χ1n) is 12.9. The molecule has 1 fully saturated rings. The molecule has 0 unspecified atom stereocenters. The minimum absolute atomic E-state index is 0.0247. The Hall–Kier alpha value is -3.74. The third kappa shape index (κ3) is 5.54. The van der Waals surface area contributed by atoms with Crippen LogP contribution in [-0.4, -0.2) is 34.7 Å². The number of fused-ring (bicyclic) bond motifs is 1. The number of nitrogens with one attached hydrogen (secondary N) is 4.